The Balaban J connectivity index is 2.31. The number of pyridine rings is 1. The summed E-state index contributed by atoms with van der Waals surface area (Å²) in [6.07, 6.45) is 3.91. The summed E-state index contributed by atoms with van der Waals surface area (Å²) in [6.45, 7) is 15.8. The van der Waals surface area contributed by atoms with Gasteiger partial charge in [0.15, 0.2) is 0 Å². The lowest BCUT2D eigenvalue weighted by Crippen LogP contribution is -2.62. The first-order chi connectivity index (χ1) is 9.30. The Bertz CT molecular complexity index is 448. The predicted molar refractivity (Wildman–Crippen MR) is 86.2 cm³/mol. The molecule has 0 spiro atoms. The van der Waals surface area contributed by atoms with Crippen LogP contribution in [0.1, 0.15) is 40.2 Å². The summed E-state index contributed by atoms with van der Waals surface area (Å²) in [6, 6.07) is 3.16. The molecule has 1 aromatic rings. The van der Waals surface area contributed by atoms with Crippen molar-refractivity contribution in [1.29, 1.82) is 0 Å². The number of nitrogens with zero attached hydrogens (tertiary/aromatic N) is 2. The molecule has 0 saturated carbocycles. The van der Waals surface area contributed by atoms with Crippen molar-refractivity contribution in [1.82, 2.24) is 10.3 Å². The van der Waals surface area contributed by atoms with Crippen LogP contribution in [-0.2, 0) is 0 Å². The Labute approximate surface area is 123 Å². The molecule has 3 heteroatoms. The van der Waals surface area contributed by atoms with Gasteiger partial charge in [0, 0.05) is 31.4 Å². The van der Waals surface area contributed by atoms with Crippen molar-refractivity contribution in [2.45, 2.75) is 53.6 Å². The van der Waals surface area contributed by atoms with E-state index in [4.69, 9.17) is 0 Å². The molecule has 1 aromatic heterocycles. The zero-order chi connectivity index (χ0) is 14.9. The van der Waals surface area contributed by atoms with Gasteiger partial charge >= 0.3 is 0 Å². The Hall–Kier alpha value is -1.09. The van der Waals surface area contributed by atoms with Gasteiger partial charge in [-0.25, -0.2) is 0 Å². The predicted octanol–water partition coefficient (Wildman–Crippen LogP) is 3.24. The second-order valence-corrected chi connectivity index (χ2v) is 7.45. The van der Waals surface area contributed by atoms with Crippen LogP contribution in [0.15, 0.2) is 18.5 Å². The average Bonchev–Trinajstić information content (AvgIpc) is 2.37. The van der Waals surface area contributed by atoms with Crippen LogP contribution in [0.2, 0.25) is 0 Å². The van der Waals surface area contributed by atoms with E-state index in [1.54, 1.807) is 0 Å². The molecule has 0 amide bonds. The molecule has 0 radical (unpaired) electrons. The maximum Gasteiger partial charge on any atom is 0.0586 e. The van der Waals surface area contributed by atoms with Crippen LogP contribution in [0, 0.1) is 18.3 Å². The van der Waals surface area contributed by atoms with E-state index in [-0.39, 0.29) is 5.41 Å². The van der Waals surface area contributed by atoms with Gasteiger partial charge in [-0.2, -0.15) is 0 Å². The molecule has 1 fully saturated rings. The van der Waals surface area contributed by atoms with Crippen molar-refractivity contribution in [3.63, 3.8) is 0 Å². The first-order valence-electron chi connectivity index (χ1n) is 7.71. The summed E-state index contributed by atoms with van der Waals surface area (Å²) in [5.41, 5.74) is 2.89. The zero-order valence-corrected chi connectivity index (χ0v) is 13.8. The number of aromatic nitrogens is 1. The van der Waals surface area contributed by atoms with Gasteiger partial charge in [0.2, 0.25) is 0 Å². The van der Waals surface area contributed by atoms with E-state index in [2.05, 4.69) is 62.8 Å². The van der Waals surface area contributed by atoms with E-state index in [1.165, 1.54) is 11.3 Å². The van der Waals surface area contributed by atoms with Gasteiger partial charge in [0.25, 0.3) is 0 Å². The van der Waals surface area contributed by atoms with E-state index in [9.17, 15) is 0 Å². The molecule has 112 valence electrons. The highest BCUT2D eigenvalue weighted by Crippen LogP contribution is 2.30. The van der Waals surface area contributed by atoms with E-state index >= 15 is 0 Å². The molecule has 3 nitrogen and oxygen atoms in total. The molecule has 2 unspecified atom stereocenters. The van der Waals surface area contributed by atoms with Crippen molar-refractivity contribution in [2.75, 3.05) is 18.0 Å². The second-order valence-electron chi connectivity index (χ2n) is 7.45. The van der Waals surface area contributed by atoms with Gasteiger partial charge < -0.3 is 10.2 Å². The third-order valence-corrected chi connectivity index (χ3v) is 4.49. The lowest BCUT2D eigenvalue weighted by molar-refractivity contribution is 0.220. The standard InChI is InChI=1S/C17H29N3/c1-12(2)14-10-19-16(17(4,5)6)11-20(14)15-9-18-8-7-13(15)3/h7-9,12,14,16,19H,10-11H2,1-6H3. The van der Waals surface area contributed by atoms with Gasteiger partial charge in [0.1, 0.15) is 0 Å². The average molecular weight is 275 g/mol. The molecule has 2 heterocycles. The number of anilines is 1. The van der Waals surface area contributed by atoms with Gasteiger partial charge in [-0.05, 0) is 29.9 Å². The molecule has 20 heavy (non-hydrogen) atoms. The number of hydrogen-bond acceptors (Lipinski definition) is 3. The van der Waals surface area contributed by atoms with Gasteiger partial charge in [-0.1, -0.05) is 34.6 Å². The van der Waals surface area contributed by atoms with Crippen LogP contribution in [0.5, 0.6) is 0 Å². The molecule has 0 aliphatic carbocycles. The van der Waals surface area contributed by atoms with Gasteiger partial charge in [-0.3, -0.25) is 4.98 Å². The lowest BCUT2D eigenvalue weighted by atomic mass is 9.83. The summed E-state index contributed by atoms with van der Waals surface area (Å²) in [5, 5.41) is 3.75. The molecule has 1 N–H and O–H groups in total. The highest BCUT2D eigenvalue weighted by Gasteiger charge is 2.35. The number of nitrogens with one attached hydrogen (secondary N) is 1. The number of piperazine rings is 1. The minimum atomic E-state index is 0.274. The van der Waals surface area contributed by atoms with E-state index in [0.717, 1.165) is 13.1 Å². The van der Waals surface area contributed by atoms with Crippen LogP contribution in [0.25, 0.3) is 0 Å². The highest BCUT2D eigenvalue weighted by atomic mass is 15.2. The van der Waals surface area contributed by atoms with Crippen LogP contribution in [-0.4, -0.2) is 30.2 Å². The second kappa shape index (κ2) is 5.72. The first kappa shape index (κ1) is 15.3. The van der Waals surface area contributed by atoms with Gasteiger partial charge in [-0.15, -0.1) is 0 Å². The minimum Gasteiger partial charge on any atom is -0.364 e. The Morgan fingerprint density at radius 3 is 2.60 bits per heavy atom. The monoisotopic (exact) mass is 275 g/mol. The normalized spacial score (nSPS) is 24.2. The Kier molecular flexibility index (Phi) is 4.38. The first-order valence-corrected chi connectivity index (χ1v) is 7.71. The smallest absolute Gasteiger partial charge is 0.0586 e. The van der Waals surface area contributed by atoms with E-state index < -0.39 is 0 Å². The molecular formula is C17H29N3. The summed E-state index contributed by atoms with van der Waals surface area (Å²) < 4.78 is 0. The summed E-state index contributed by atoms with van der Waals surface area (Å²) in [7, 11) is 0. The molecule has 1 aliphatic heterocycles. The maximum absolute atomic E-state index is 4.34. The fourth-order valence-corrected chi connectivity index (χ4v) is 2.98. The third kappa shape index (κ3) is 3.14. The molecule has 0 bridgehead atoms. The van der Waals surface area contributed by atoms with Crippen molar-refractivity contribution in [3.8, 4) is 0 Å². The zero-order valence-electron chi connectivity index (χ0n) is 13.8. The molecular weight excluding hydrogens is 246 g/mol. The van der Waals surface area contributed by atoms with Crippen LogP contribution in [0.3, 0.4) is 0 Å². The quantitative estimate of drug-likeness (QED) is 0.898. The van der Waals surface area contributed by atoms with Crippen molar-refractivity contribution < 1.29 is 0 Å². The van der Waals surface area contributed by atoms with Crippen molar-refractivity contribution in [3.05, 3.63) is 24.0 Å². The molecule has 0 aromatic carbocycles. The van der Waals surface area contributed by atoms with E-state index in [1.807, 2.05) is 12.4 Å². The largest absolute Gasteiger partial charge is 0.364 e. The molecule has 2 rings (SSSR count). The molecule has 1 aliphatic rings. The number of rotatable bonds is 2. The summed E-state index contributed by atoms with van der Waals surface area (Å²) >= 11 is 0. The number of aryl methyl sites for hydroxylation is 1. The number of hydrogen-bond donors (Lipinski definition) is 1. The van der Waals surface area contributed by atoms with Crippen LogP contribution in [0.4, 0.5) is 5.69 Å². The minimum absolute atomic E-state index is 0.274. The van der Waals surface area contributed by atoms with Crippen LogP contribution >= 0.6 is 0 Å². The third-order valence-electron chi connectivity index (χ3n) is 4.49. The Morgan fingerprint density at radius 2 is 2.05 bits per heavy atom. The summed E-state index contributed by atoms with van der Waals surface area (Å²) in [4.78, 5) is 6.91. The molecule has 1 saturated heterocycles. The lowest BCUT2D eigenvalue weighted by Gasteiger charge is -2.48. The fraction of sp³-hybridized carbons (Fsp3) is 0.706. The Morgan fingerprint density at radius 1 is 1.35 bits per heavy atom. The van der Waals surface area contributed by atoms with Crippen molar-refractivity contribution in [2.24, 2.45) is 11.3 Å². The molecule has 2 atom stereocenters. The van der Waals surface area contributed by atoms with Gasteiger partial charge in [0.05, 0.1) is 11.9 Å². The highest BCUT2D eigenvalue weighted by molar-refractivity contribution is 5.52. The van der Waals surface area contributed by atoms with Crippen LogP contribution < -0.4 is 10.2 Å². The topological polar surface area (TPSA) is 28.2 Å². The van der Waals surface area contributed by atoms with Crippen molar-refractivity contribution >= 4 is 5.69 Å². The summed E-state index contributed by atoms with van der Waals surface area (Å²) in [5.74, 6) is 0.628. The SMILES string of the molecule is Cc1ccncc1N1CC(C(C)(C)C)NCC1C(C)C. The van der Waals surface area contributed by atoms with E-state index in [0.29, 0.717) is 18.0 Å². The maximum atomic E-state index is 4.34. The fourth-order valence-electron chi connectivity index (χ4n) is 2.98.